The van der Waals surface area contributed by atoms with Crippen LogP contribution in [-0.4, -0.2) is 34.1 Å². The normalized spacial score (nSPS) is 19.0. The van der Waals surface area contributed by atoms with Gasteiger partial charge in [0.05, 0.1) is 30.3 Å². The van der Waals surface area contributed by atoms with Crippen molar-refractivity contribution in [1.29, 1.82) is 5.26 Å². The van der Waals surface area contributed by atoms with Crippen molar-refractivity contribution < 1.29 is 0 Å². The van der Waals surface area contributed by atoms with Gasteiger partial charge in [-0.15, -0.1) is 4.59 Å². The Morgan fingerprint density at radius 2 is 1.90 bits per heavy atom. The number of nitrogens with one attached hydrogen (secondary N) is 1. The molecule has 0 saturated carbocycles. The molecule has 2 unspecified atom stereocenters. The monoisotopic (exact) mass is 404 g/mol. The number of hydrogen-bond acceptors (Lipinski definition) is 5. The molecule has 1 N–H and O–H groups in total. The first-order valence-electron chi connectivity index (χ1n) is 9.26. The second kappa shape index (κ2) is 8.35. The maximum absolute atomic E-state index is 9.29. The number of quaternary nitrogens is 1. The average Bonchev–Trinajstić information content (AvgIpc) is 3.44. The van der Waals surface area contributed by atoms with Crippen LogP contribution in [0, 0.1) is 11.3 Å². The Morgan fingerprint density at radius 1 is 1.10 bits per heavy atom. The Balaban J connectivity index is 1.67. The van der Waals surface area contributed by atoms with Crippen LogP contribution in [0.3, 0.4) is 0 Å². The number of aromatic nitrogens is 3. The third-order valence-electron chi connectivity index (χ3n) is 4.92. The van der Waals surface area contributed by atoms with E-state index >= 15 is 0 Å². The smallest absolute Gasteiger partial charge is 0.198 e. The van der Waals surface area contributed by atoms with Crippen LogP contribution in [-0.2, 0) is 6.42 Å². The van der Waals surface area contributed by atoms with E-state index in [1.807, 2.05) is 60.9 Å². The van der Waals surface area contributed by atoms with Crippen molar-refractivity contribution in [2.75, 3.05) is 6.54 Å². The standard InChI is InChI=1S/C21H19ClN7/c22-17-8-6-16(7-9-17)11-13-29(18-4-2-1-3-5-18)15-24-21(27-29)19(10-12-23)20-14-25-28-26-20/h1-9,14-15,19H,10-11,13H2,(H,25,26,28)/q+1. The fraction of sp³-hybridized carbons (Fsp3) is 0.190. The number of H-pyrrole nitrogens is 1. The van der Waals surface area contributed by atoms with Gasteiger partial charge in [-0.05, 0) is 17.7 Å². The van der Waals surface area contributed by atoms with Crippen LogP contribution >= 0.6 is 11.6 Å². The molecule has 1 aliphatic heterocycles. The predicted molar refractivity (Wildman–Crippen MR) is 114 cm³/mol. The van der Waals surface area contributed by atoms with E-state index in [1.165, 1.54) is 5.56 Å². The molecule has 7 nitrogen and oxygen atoms in total. The molecule has 2 heterocycles. The summed E-state index contributed by atoms with van der Waals surface area (Å²) in [6, 6.07) is 20.1. The van der Waals surface area contributed by atoms with Gasteiger partial charge in [-0.2, -0.15) is 25.7 Å². The molecule has 0 amide bonds. The van der Waals surface area contributed by atoms with Crippen LogP contribution in [0.15, 0.2) is 70.9 Å². The molecule has 1 aromatic heterocycles. The number of rotatable bonds is 7. The third kappa shape index (κ3) is 4.09. The summed E-state index contributed by atoms with van der Waals surface area (Å²) in [6.07, 6.45) is 4.48. The SMILES string of the molecule is N#CCC(C1=N[N+](CCc2ccc(Cl)cc2)(c2ccccc2)C=N1)c1cn[nH]n1. The second-order valence-corrected chi connectivity index (χ2v) is 7.21. The van der Waals surface area contributed by atoms with Crippen LogP contribution < -0.4 is 4.59 Å². The lowest BCUT2D eigenvalue weighted by molar-refractivity contribution is 0.455. The van der Waals surface area contributed by atoms with E-state index in [4.69, 9.17) is 16.7 Å². The molecule has 4 rings (SSSR count). The van der Waals surface area contributed by atoms with E-state index in [1.54, 1.807) is 6.20 Å². The van der Waals surface area contributed by atoms with Crippen molar-refractivity contribution in [3.8, 4) is 6.07 Å². The summed E-state index contributed by atoms with van der Waals surface area (Å²) in [4.78, 5) is 4.61. The van der Waals surface area contributed by atoms with Gasteiger partial charge in [0.2, 0.25) is 6.34 Å². The fourth-order valence-electron chi connectivity index (χ4n) is 3.34. The Kier molecular flexibility index (Phi) is 5.47. The van der Waals surface area contributed by atoms with Crippen molar-refractivity contribution in [3.05, 3.63) is 77.1 Å². The van der Waals surface area contributed by atoms with Crippen LogP contribution in [0.4, 0.5) is 5.69 Å². The van der Waals surface area contributed by atoms with E-state index in [9.17, 15) is 5.26 Å². The zero-order chi connectivity index (χ0) is 20.1. The number of aliphatic imine (C=N–C) groups is 1. The molecule has 0 aliphatic carbocycles. The summed E-state index contributed by atoms with van der Waals surface area (Å²) < 4.78 is 0.235. The maximum atomic E-state index is 9.29. The number of amidine groups is 1. The molecule has 8 heteroatoms. The van der Waals surface area contributed by atoms with Gasteiger partial charge in [0, 0.05) is 23.6 Å². The van der Waals surface area contributed by atoms with Crippen molar-refractivity contribution >= 4 is 29.5 Å². The lowest BCUT2D eigenvalue weighted by Gasteiger charge is -2.24. The Hall–Kier alpha value is -3.34. The summed E-state index contributed by atoms with van der Waals surface area (Å²) in [5.74, 6) is 0.259. The van der Waals surface area contributed by atoms with E-state index in [-0.39, 0.29) is 16.9 Å². The molecule has 144 valence electrons. The van der Waals surface area contributed by atoms with Gasteiger partial charge in [-0.3, -0.25) is 0 Å². The first kappa shape index (κ1) is 19.0. The molecule has 0 fully saturated rings. The number of halogens is 1. The lowest BCUT2D eigenvalue weighted by Crippen LogP contribution is -2.42. The summed E-state index contributed by atoms with van der Waals surface area (Å²) in [7, 11) is 0. The number of nitrogens with zero attached hydrogens (tertiary/aromatic N) is 6. The summed E-state index contributed by atoms with van der Waals surface area (Å²) in [5, 5.41) is 25.6. The zero-order valence-corrected chi connectivity index (χ0v) is 16.4. The largest absolute Gasteiger partial charge is 0.224 e. The number of benzene rings is 2. The molecule has 1 aliphatic rings. The second-order valence-electron chi connectivity index (χ2n) is 6.77. The summed E-state index contributed by atoms with van der Waals surface area (Å²) in [6.45, 7) is 0.691. The Bertz CT molecular complexity index is 1050. The summed E-state index contributed by atoms with van der Waals surface area (Å²) >= 11 is 6.01. The van der Waals surface area contributed by atoms with E-state index in [2.05, 4.69) is 26.5 Å². The van der Waals surface area contributed by atoms with Gasteiger partial charge >= 0.3 is 0 Å². The highest BCUT2D eigenvalue weighted by molar-refractivity contribution is 6.30. The highest BCUT2D eigenvalue weighted by atomic mass is 35.5. The predicted octanol–water partition coefficient (Wildman–Crippen LogP) is 4.06. The van der Waals surface area contributed by atoms with Crippen molar-refractivity contribution in [2.24, 2.45) is 10.1 Å². The number of aromatic amines is 1. The molecule has 0 saturated heterocycles. The minimum absolute atomic E-state index is 0.231. The molecule has 3 aromatic rings. The molecule has 0 spiro atoms. The van der Waals surface area contributed by atoms with E-state index < -0.39 is 0 Å². The fourth-order valence-corrected chi connectivity index (χ4v) is 3.47. The Morgan fingerprint density at radius 3 is 2.59 bits per heavy atom. The molecule has 0 bridgehead atoms. The van der Waals surface area contributed by atoms with Crippen LogP contribution in [0.2, 0.25) is 5.02 Å². The minimum atomic E-state index is -0.325. The van der Waals surface area contributed by atoms with Gasteiger partial charge in [-0.25, -0.2) is 0 Å². The number of nitriles is 1. The zero-order valence-electron chi connectivity index (χ0n) is 15.6. The number of para-hydroxylation sites is 1. The summed E-state index contributed by atoms with van der Waals surface area (Å²) in [5.41, 5.74) is 2.84. The topological polar surface area (TPSA) is 90.1 Å². The van der Waals surface area contributed by atoms with E-state index in [0.29, 0.717) is 18.1 Å². The third-order valence-corrected chi connectivity index (χ3v) is 5.17. The van der Waals surface area contributed by atoms with Gasteiger partial charge in [0.25, 0.3) is 0 Å². The molecule has 0 radical (unpaired) electrons. The first-order chi connectivity index (χ1) is 14.2. The van der Waals surface area contributed by atoms with Gasteiger partial charge in [0.1, 0.15) is 6.54 Å². The van der Waals surface area contributed by atoms with Crippen LogP contribution in [0.1, 0.15) is 23.6 Å². The molecular formula is C21H19ClN7+. The maximum Gasteiger partial charge on any atom is 0.224 e. The number of hydrogen-bond donors (Lipinski definition) is 1. The van der Waals surface area contributed by atoms with Crippen molar-refractivity contribution in [3.63, 3.8) is 0 Å². The van der Waals surface area contributed by atoms with Gasteiger partial charge in [-0.1, -0.05) is 47.0 Å². The first-order valence-corrected chi connectivity index (χ1v) is 9.64. The van der Waals surface area contributed by atoms with Gasteiger partial charge in [0.15, 0.2) is 11.5 Å². The highest BCUT2D eigenvalue weighted by Crippen LogP contribution is 2.30. The van der Waals surface area contributed by atoms with E-state index in [0.717, 1.165) is 17.1 Å². The Labute approximate surface area is 173 Å². The highest BCUT2D eigenvalue weighted by Gasteiger charge is 2.37. The minimum Gasteiger partial charge on any atom is -0.198 e. The van der Waals surface area contributed by atoms with Crippen LogP contribution in [0.25, 0.3) is 0 Å². The molecule has 29 heavy (non-hydrogen) atoms. The molecule has 2 aromatic carbocycles. The van der Waals surface area contributed by atoms with Crippen LogP contribution in [0.5, 0.6) is 0 Å². The molecule has 2 atom stereocenters. The average molecular weight is 405 g/mol. The van der Waals surface area contributed by atoms with Crippen molar-refractivity contribution in [1.82, 2.24) is 20.0 Å². The lowest BCUT2D eigenvalue weighted by atomic mass is 10.0. The molecular weight excluding hydrogens is 386 g/mol. The van der Waals surface area contributed by atoms with Crippen molar-refractivity contribution in [2.45, 2.75) is 18.8 Å². The van der Waals surface area contributed by atoms with Gasteiger partial charge < -0.3 is 0 Å². The quantitative estimate of drug-likeness (QED) is 0.602.